The average molecular weight is 349 g/mol. The zero-order valence-electron chi connectivity index (χ0n) is 15.2. The molecule has 0 aliphatic carbocycles. The third-order valence-electron chi connectivity index (χ3n) is 4.42. The standard InChI is InChI=1S/C21H23N3O2/c1-14(17-9-11-18(26-3)12-10-17)22-21-23-15(2)19(20(25)24-21)13-16-7-5-4-6-8-16/h4-12,14H,13H2,1-3H3,(H2,22,23,24,25). The lowest BCUT2D eigenvalue weighted by molar-refractivity contribution is 0.414. The Kier molecular flexibility index (Phi) is 5.37. The Morgan fingerprint density at radius 1 is 1.12 bits per heavy atom. The van der Waals surface area contributed by atoms with Gasteiger partial charge in [0.2, 0.25) is 5.95 Å². The number of benzene rings is 2. The molecule has 3 rings (SSSR count). The van der Waals surface area contributed by atoms with Crippen molar-refractivity contribution >= 4 is 5.95 Å². The van der Waals surface area contributed by atoms with Gasteiger partial charge in [-0.15, -0.1) is 0 Å². The van der Waals surface area contributed by atoms with Gasteiger partial charge in [-0.1, -0.05) is 42.5 Å². The summed E-state index contributed by atoms with van der Waals surface area (Å²) >= 11 is 0. The predicted octanol–water partition coefficient (Wildman–Crippen LogP) is 3.85. The lowest BCUT2D eigenvalue weighted by Crippen LogP contribution is -2.20. The Bertz CT molecular complexity index is 918. The van der Waals surface area contributed by atoms with Crippen LogP contribution in [0, 0.1) is 6.92 Å². The zero-order chi connectivity index (χ0) is 18.5. The van der Waals surface area contributed by atoms with Gasteiger partial charge in [0.15, 0.2) is 0 Å². The molecule has 2 N–H and O–H groups in total. The predicted molar refractivity (Wildman–Crippen MR) is 104 cm³/mol. The van der Waals surface area contributed by atoms with Crippen LogP contribution in [0.5, 0.6) is 5.75 Å². The number of hydrogen-bond donors (Lipinski definition) is 2. The van der Waals surface area contributed by atoms with E-state index < -0.39 is 0 Å². The number of nitrogens with one attached hydrogen (secondary N) is 2. The third-order valence-corrected chi connectivity index (χ3v) is 4.42. The van der Waals surface area contributed by atoms with E-state index in [2.05, 4.69) is 15.3 Å². The molecule has 0 aliphatic rings. The molecule has 0 fully saturated rings. The minimum Gasteiger partial charge on any atom is -0.497 e. The minimum absolute atomic E-state index is 0.00318. The van der Waals surface area contributed by atoms with Gasteiger partial charge in [-0.3, -0.25) is 9.78 Å². The van der Waals surface area contributed by atoms with Gasteiger partial charge in [0, 0.05) is 12.0 Å². The van der Waals surface area contributed by atoms with Crippen LogP contribution in [0.25, 0.3) is 0 Å². The van der Waals surface area contributed by atoms with Crippen LogP contribution in [0.3, 0.4) is 0 Å². The smallest absolute Gasteiger partial charge is 0.256 e. The number of hydrogen-bond acceptors (Lipinski definition) is 4. The van der Waals surface area contributed by atoms with Crippen molar-refractivity contribution in [1.29, 1.82) is 0 Å². The number of rotatable bonds is 6. The van der Waals surface area contributed by atoms with Crippen LogP contribution in [-0.4, -0.2) is 17.1 Å². The lowest BCUT2D eigenvalue weighted by atomic mass is 10.1. The molecule has 0 bridgehead atoms. The Labute approximate surface area is 153 Å². The molecule has 26 heavy (non-hydrogen) atoms. The van der Waals surface area contributed by atoms with Crippen LogP contribution < -0.4 is 15.6 Å². The highest BCUT2D eigenvalue weighted by Crippen LogP contribution is 2.20. The summed E-state index contributed by atoms with van der Waals surface area (Å²) in [6, 6.07) is 17.7. The summed E-state index contributed by atoms with van der Waals surface area (Å²) in [6.45, 7) is 3.89. The molecule has 134 valence electrons. The van der Waals surface area contributed by atoms with Crippen molar-refractivity contribution in [2.24, 2.45) is 0 Å². The van der Waals surface area contributed by atoms with Crippen molar-refractivity contribution < 1.29 is 4.74 Å². The van der Waals surface area contributed by atoms with E-state index in [1.54, 1.807) is 7.11 Å². The Morgan fingerprint density at radius 2 is 1.81 bits per heavy atom. The summed E-state index contributed by atoms with van der Waals surface area (Å²) in [7, 11) is 1.64. The average Bonchev–Trinajstić information content (AvgIpc) is 2.65. The fourth-order valence-electron chi connectivity index (χ4n) is 2.87. The van der Waals surface area contributed by atoms with Crippen molar-refractivity contribution in [3.8, 4) is 5.75 Å². The molecule has 0 aliphatic heterocycles. The molecule has 0 saturated carbocycles. The van der Waals surface area contributed by atoms with Gasteiger partial charge in [0.25, 0.3) is 5.56 Å². The summed E-state index contributed by atoms with van der Waals surface area (Å²) in [5, 5.41) is 3.26. The molecule has 0 spiro atoms. The van der Waals surface area contributed by atoms with Crippen LogP contribution >= 0.6 is 0 Å². The molecule has 5 heteroatoms. The number of anilines is 1. The summed E-state index contributed by atoms with van der Waals surface area (Å²) < 4.78 is 5.18. The first-order chi connectivity index (χ1) is 12.6. The Hall–Kier alpha value is -3.08. The van der Waals surface area contributed by atoms with Gasteiger partial charge in [-0.25, -0.2) is 4.98 Å². The number of methoxy groups -OCH3 is 1. The van der Waals surface area contributed by atoms with Crippen molar-refractivity contribution in [3.63, 3.8) is 0 Å². The van der Waals surface area contributed by atoms with Crippen molar-refractivity contribution in [2.75, 3.05) is 12.4 Å². The highest BCUT2D eigenvalue weighted by molar-refractivity contribution is 5.37. The van der Waals surface area contributed by atoms with E-state index in [0.29, 0.717) is 17.9 Å². The topological polar surface area (TPSA) is 67.0 Å². The van der Waals surface area contributed by atoms with Crippen molar-refractivity contribution in [2.45, 2.75) is 26.3 Å². The maximum atomic E-state index is 12.5. The fraction of sp³-hybridized carbons (Fsp3) is 0.238. The van der Waals surface area contributed by atoms with Crippen molar-refractivity contribution in [1.82, 2.24) is 9.97 Å². The third kappa shape index (κ3) is 4.11. The Balaban J connectivity index is 1.77. The molecule has 0 radical (unpaired) electrons. The van der Waals surface area contributed by atoms with Gasteiger partial charge in [0.1, 0.15) is 5.75 Å². The van der Waals surface area contributed by atoms with E-state index in [1.807, 2.05) is 68.4 Å². The highest BCUT2D eigenvalue weighted by Gasteiger charge is 2.12. The molecule has 1 atom stereocenters. The molecule has 0 amide bonds. The molecule has 3 aromatic rings. The molecule has 1 heterocycles. The molecule has 1 aromatic heterocycles. The second kappa shape index (κ2) is 7.87. The molecular weight excluding hydrogens is 326 g/mol. The summed E-state index contributed by atoms with van der Waals surface area (Å²) in [6.07, 6.45) is 0.573. The number of H-pyrrole nitrogens is 1. The molecule has 0 saturated heterocycles. The van der Waals surface area contributed by atoms with E-state index in [9.17, 15) is 4.79 Å². The number of nitrogens with zero attached hydrogens (tertiary/aromatic N) is 1. The van der Waals surface area contributed by atoms with Crippen LogP contribution in [0.4, 0.5) is 5.95 Å². The summed E-state index contributed by atoms with van der Waals surface area (Å²) in [4.78, 5) is 19.9. The quantitative estimate of drug-likeness (QED) is 0.709. The van der Waals surface area contributed by atoms with E-state index in [4.69, 9.17) is 4.74 Å². The van der Waals surface area contributed by atoms with Gasteiger partial charge < -0.3 is 10.1 Å². The first kappa shape index (κ1) is 17.7. The van der Waals surface area contributed by atoms with Crippen LogP contribution in [0.2, 0.25) is 0 Å². The maximum Gasteiger partial charge on any atom is 0.256 e. The second-order valence-corrected chi connectivity index (χ2v) is 6.28. The van der Waals surface area contributed by atoms with Gasteiger partial charge in [-0.2, -0.15) is 0 Å². The SMILES string of the molecule is COc1ccc(C(C)Nc2nc(C)c(Cc3ccccc3)c(=O)[nH]2)cc1. The van der Waals surface area contributed by atoms with Crippen LogP contribution in [0.15, 0.2) is 59.4 Å². The highest BCUT2D eigenvalue weighted by atomic mass is 16.5. The normalized spacial score (nSPS) is 11.8. The second-order valence-electron chi connectivity index (χ2n) is 6.28. The zero-order valence-corrected chi connectivity index (χ0v) is 15.2. The minimum atomic E-state index is -0.106. The van der Waals surface area contributed by atoms with Crippen LogP contribution in [-0.2, 0) is 6.42 Å². The summed E-state index contributed by atoms with van der Waals surface area (Å²) in [5.41, 5.74) is 3.50. The Morgan fingerprint density at radius 3 is 2.42 bits per heavy atom. The van der Waals surface area contributed by atoms with Gasteiger partial charge in [-0.05, 0) is 37.1 Å². The first-order valence-corrected chi connectivity index (χ1v) is 8.61. The van der Waals surface area contributed by atoms with E-state index >= 15 is 0 Å². The van der Waals surface area contributed by atoms with Gasteiger partial charge in [0.05, 0.1) is 18.8 Å². The number of aromatic nitrogens is 2. The molecule has 1 unspecified atom stereocenters. The monoisotopic (exact) mass is 349 g/mol. The summed E-state index contributed by atoms with van der Waals surface area (Å²) in [5.74, 6) is 1.29. The van der Waals surface area contributed by atoms with Crippen molar-refractivity contribution in [3.05, 3.63) is 87.3 Å². The molecule has 2 aromatic carbocycles. The maximum absolute atomic E-state index is 12.5. The van der Waals surface area contributed by atoms with E-state index in [0.717, 1.165) is 22.6 Å². The number of aromatic amines is 1. The molecular formula is C21H23N3O2. The molecule has 5 nitrogen and oxygen atoms in total. The van der Waals surface area contributed by atoms with E-state index in [1.165, 1.54) is 0 Å². The fourth-order valence-corrected chi connectivity index (χ4v) is 2.87. The lowest BCUT2D eigenvalue weighted by Gasteiger charge is -2.16. The van der Waals surface area contributed by atoms with Crippen LogP contribution in [0.1, 0.15) is 35.3 Å². The van der Waals surface area contributed by atoms with E-state index in [-0.39, 0.29) is 11.6 Å². The van der Waals surface area contributed by atoms with Gasteiger partial charge >= 0.3 is 0 Å². The number of ether oxygens (including phenoxy) is 1. The largest absolute Gasteiger partial charge is 0.497 e. The first-order valence-electron chi connectivity index (χ1n) is 8.61. The number of aryl methyl sites for hydroxylation is 1.